The van der Waals surface area contributed by atoms with Crippen molar-refractivity contribution in [3.05, 3.63) is 217 Å². The molecule has 0 saturated carbocycles. The summed E-state index contributed by atoms with van der Waals surface area (Å²) in [6, 6.07) is 69.6. The van der Waals surface area contributed by atoms with Gasteiger partial charge < -0.3 is 13.6 Å². The number of hydrogen-bond donors (Lipinski definition) is 0. The molecule has 14 rings (SSSR count). The first-order valence-electron chi connectivity index (χ1n) is 22.3. The van der Waals surface area contributed by atoms with Gasteiger partial charge in [0.05, 0.1) is 51.1 Å². The number of aromatic nitrogens is 3. The highest BCUT2D eigenvalue weighted by Gasteiger charge is 2.32. The van der Waals surface area contributed by atoms with Crippen LogP contribution in [-0.2, 0) is 0 Å². The van der Waals surface area contributed by atoms with Crippen molar-refractivity contribution in [2.24, 2.45) is 0 Å². The van der Waals surface area contributed by atoms with Crippen LogP contribution in [0.25, 0.3) is 137 Å². The van der Waals surface area contributed by atoms with Gasteiger partial charge in [-0.05, 0) is 76.2 Å². The highest BCUT2D eigenvalue weighted by atomic mass is 16.3. The van der Waals surface area contributed by atoms with Gasteiger partial charge >= 0.3 is 0 Å². The van der Waals surface area contributed by atoms with Crippen LogP contribution in [0.5, 0.6) is 0 Å². The summed E-state index contributed by atoms with van der Waals surface area (Å²) in [5, 5.41) is 21.5. The van der Waals surface area contributed by atoms with Gasteiger partial charge in [0.2, 0.25) is 5.69 Å². The predicted octanol–water partition coefficient (Wildman–Crippen LogP) is 16.3. The van der Waals surface area contributed by atoms with Crippen molar-refractivity contribution >= 4 is 92.9 Å². The third kappa shape index (κ3) is 5.04. The van der Waals surface area contributed by atoms with E-state index >= 15 is 0 Å². The van der Waals surface area contributed by atoms with Crippen LogP contribution >= 0.6 is 0 Å². The van der Waals surface area contributed by atoms with E-state index in [-0.39, 0.29) is 0 Å². The molecule has 0 aliphatic carbocycles. The summed E-state index contributed by atoms with van der Waals surface area (Å²) in [5.41, 5.74) is 13.9. The summed E-state index contributed by atoms with van der Waals surface area (Å²) < 4.78 is 10.9. The van der Waals surface area contributed by atoms with Gasteiger partial charge in [-0.25, -0.2) is 4.85 Å². The number of benzene rings is 10. The van der Waals surface area contributed by atoms with E-state index in [1.807, 2.05) is 79.0 Å². The summed E-state index contributed by atoms with van der Waals surface area (Å²) in [7, 11) is 0. The number of para-hydroxylation sites is 2. The minimum absolute atomic E-state index is 0.401. The zero-order valence-corrected chi connectivity index (χ0v) is 35.7. The molecule has 14 aromatic rings. The van der Waals surface area contributed by atoms with Crippen LogP contribution in [0.1, 0.15) is 5.56 Å². The largest absolute Gasteiger partial charge is 0.456 e. The Morgan fingerprint density at radius 1 is 0.463 bits per heavy atom. The van der Waals surface area contributed by atoms with Gasteiger partial charge in [-0.2, -0.15) is 5.26 Å². The number of rotatable bonds is 5. The molecular formula is C61H33N5O. The molecule has 0 unspecified atom stereocenters. The fourth-order valence-corrected chi connectivity index (χ4v) is 11.1. The summed E-state index contributed by atoms with van der Waals surface area (Å²) in [6.07, 6.45) is 1.86. The van der Waals surface area contributed by atoms with Crippen molar-refractivity contribution in [1.82, 2.24) is 14.1 Å². The molecule has 308 valence electrons. The second-order valence-electron chi connectivity index (χ2n) is 17.1. The summed E-state index contributed by atoms with van der Waals surface area (Å²) >= 11 is 0. The van der Waals surface area contributed by atoms with Crippen LogP contribution in [0, 0.1) is 17.9 Å². The standard InChI is InChI=1S/C61H33N5O/c1-63-59-53(36-16-4-2-5-17-36)46(35-62)60(65-47-26-10-8-20-40(47)45-34-38(31-32-48(45)65)39-22-14-30-52-55(39)43-21-9-11-29-51(43)67-52)54(37-18-6-3-7-19-37)61(59)66-49-27-12-23-41-42-25-15-33-64-58(42)44-24-13-28-50(66)57(44)56(41)49/h2-34H. The molecule has 0 amide bonds. The molecule has 67 heavy (non-hydrogen) atoms. The monoisotopic (exact) mass is 851 g/mol. The molecule has 4 heterocycles. The summed E-state index contributed by atoms with van der Waals surface area (Å²) in [4.78, 5) is 9.44. The zero-order chi connectivity index (χ0) is 44.3. The lowest BCUT2D eigenvalue weighted by Gasteiger charge is -2.25. The Balaban J connectivity index is 1.18. The topological polar surface area (TPSA) is 64.0 Å². The number of furan rings is 1. The summed E-state index contributed by atoms with van der Waals surface area (Å²) in [6.45, 7) is 9.21. The molecule has 0 N–H and O–H groups in total. The van der Waals surface area contributed by atoms with Crippen molar-refractivity contribution in [3.8, 4) is 50.8 Å². The minimum Gasteiger partial charge on any atom is -0.456 e. The highest BCUT2D eigenvalue weighted by molar-refractivity contribution is 6.34. The van der Waals surface area contributed by atoms with Crippen molar-refractivity contribution in [3.63, 3.8) is 0 Å². The maximum absolute atomic E-state index is 11.8. The van der Waals surface area contributed by atoms with E-state index in [0.717, 1.165) is 115 Å². The first-order chi connectivity index (χ1) is 33.2. The molecule has 0 aliphatic heterocycles. The van der Waals surface area contributed by atoms with Crippen LogP contribution in [0.15, 0.2) is 205 Å². The van der Waals surface area contributed by atoms with Gasteiger partial charge in [-0.1, -0.05) is 146 Å². The van der Waals surface area contributed by atoms with Crippen LogP contribution in [0.4, 0.5) is 5.69 Å². The number of pyridine rings is 1. The van der Waals surface area contributed by atoms with Crippen molar-refractivity contribution in [2.45, 2.75) is 0 Å². The second-order valence-corrected chi connectivity index (χ2v) is 17.1. The molecule has 10 aromatic carbocycles. The number of nitriles is 1. The lowest BCUT2D eigenvalue weighted by atomic mass is 9.88. The van der Waals surface area contributed by atoms with Crippen LogP contribution in [0.2, 0.25) is 0 Å². The third-order valence-corrected chi connectivity index (χ3v) is 13.8. The molecule has 4 aromatic heterocycles. The SMILES string of the molecule is [C-]#[N+]c1c(-c2ccccc2)c(C#N)c(-n2c3ccccc3c3cc(-c4cccc5oc6ccccc6c45)ccc32)c(-c2ccccc2)c1-n1c2cccc3c4cccnc4c4cccc1c4c32. The number of fused-ring (bicyclic) bond motifs is 9. The Morgan fingerprint density at radius 2 is 1.06 bits per heavy atom. The Morgan fingerprint density at radius 3 is 1.84 bits per heavy atom. The Kier molecular flexibility index (Phi) is 7.72. The first-order valence-corrected chi connectivity index (χ1v) is 22.3. The van der Waals surface area contributed by atoms with E-state index in [2.05, 4.69) is 141 Å². The van der Waals surface area contributed by atoms with E-state index in [4.69, 9.17) is 9.40 Å². The van der Waals surface area contributed by atoms with Gasteiger partial charge in [-0.3, -0.25) is 4.98 Å². The molecule has 6 heteroatoms. The lowest BCUT2D eigenvalue weighted by molar-refractivity contribution is 0.669. The molecule has 0 saturated heterocycles. The van der Waals surface area contributed by atoms with Crippen molar-refractivity contribution in [2.75, 3.05) is 0 Å². The summed E-state index contributed by atoms with van der Waals surface area (Å²) in [5.74, 6) is 0. The third-order valence-electron chi connectivity index (χ3n) is 13.8. The molecule has 0 atom stereocenters. The van der Waals surface area contributed by atoms with E-state index in [9.17, 15) is 11.8 Å². The quantitative estimate of drug-likeness (QED) is 0.128. The van der Waals surface area contributed by atoms with E-state index in [1.54, 1.807) is 0 Å². The van der Waals surface area contributed by atoms with Gasteiger partial charge in [0.15, 0.2) is 0 Å². The molecule has 6 nitrogen and oxygen atoms in total. The van der Waals surface area contributed by atoms with Crippen molar-refractivity contribution in [1.29, 1.82) is 5.26 Å². The fourth-order valence-electron chi connectivity index (χ4n) is 11.1. The van der Waals surface area contributed by atoms with Gasteiger partial charge in [0.25, 0.3) is 0 Å². The van der Waals surface area contributed by atoms with Gasteiger partial charge in [-0.15, -0.1) is 0 Å². The Labute approximate surface area is 383 Å². The second kappa shape index (κ2) is 14.0. The maximum Gasteiger partial charge on any atom is 0.220 e. The Hall–Kier alpha value is -9.49. The van der Waals surface area contributed by atoms with Crippen LogP contribution in [-0.4, -0.2) is 14.1 Å². The van der Waals surface area contributed by atoms with E-state index in [0.29, 0.717) is 28.2 Å². The normalized spacial score (nSPS) is 11.9. The molecule has 0 aliphatic rings. The highest BCUT2D eigenvalue weighted by Crippen LogP contribution is 2.53. The Bertz CT molecular complexity index is 4380. The molecule has 0 spiro atoms. The average Bonchev–Trinajstić information content (AvgIpc) is 4.06. The van der Waals surface area contributed by atoms with Gasteiger partial charge in [0, 0.05) is 60.4 Å². The van der Waals surface area contributed by atoms with E-state index in [1.165, 1.54) is 0 Å². The molecule has 0 fully saturated rings. The van der Waals surface area contributed by atoms with Gasteiger partial charge in [0.1, 0.15) is 17.2 Å². The molecule has 0 bridgehead atoms. The zero-order valence-electron chi connectivity index (χ0n) is 35.7. The lowest BCUT2D eigenvalue weighted by Crippen LogP contribution is -2.08. The number of hydrogen-bond acceptors (Lipinski definition) is 3. The smallest absolute Gasteiger partial charge is 0.220 e. The maximum atomic E-state index is 11.8. The van der Waals surface area contributed by atoms with Crippen molar-refractivity contribution < 1.29 is 4.42 Å². The molecule has 0 radical (unpaired) electrons. The fraction of sp³-hybridized carbons (Fsp3) is 0. The van der Waals surface area contributed by atoms with Crippen LogP contribution in [0.3, 0.4) is 0 Å². The first kappa shape index (κ1) is 36.9. The van der Waals surface area contributed by atoms with Crippen LogP contribution < -0.4 is 0 Å². The molecular weight excluding hydrogens is 819 g/mol. The average molecular weight is 852 g/mol. The van der Waals surface area contributed by atoms with E-state index < -0.39 is 0 Å². The predicted molar refractivity (Wildman–Crippen MR) is 274 cm³/mol. The minimum atomic E-state index is 0.401. The number of nitrogens with zero attached hydrogens (tertiary/aromatic N) is 5.